The topological polar surface area (TPSA) is 82.2 Å². The van der Waals surface area contributed by atoms with E-state index in [4.69, 9.17) is 11.0 Å². The van der Waals surface area contributed by atoms with E-state index in [2.05, 4.69) is 5.32 Å². The Balaban J connectivity index is 3.12. The Labute approximate surface area is 100 Å². The van der Waals surface area contributed by atoms with Crippen molar-refractivity contribution < 1.29 is 4.79 Å². The number of anilines is 1. The predicted octanol–water partition coefficient (Wildman–Crippen LogP) is 0.881. The molecule has 0 spiro atoms. The summed E-state index contributed by atoms with van der Waals surface area (Å²) in [6.45, 7) is 0. The first-order valence-electron chi connectivity index (χ1n) is 5.00. The summed E-state index contributed by atoms with van der Waals surface area (Å²) in [5.74, 6) is -0.370. The number of hydrogen-bond donors (Lipinski definition) is 2. The second-order valence-electron chi connectivity index (χ2n) is 3.59. The molecule has 5 heteroatoms. The minimum absolute atomic E-state index is 0.0983. The molecule has 88 valence electrons. The van der Waals surface area contributed by atoms with E-state index in [0.29, 0.717) is 5.82 Å². The highest BCUT2D eigenvalue weighted by atomic mass is 16.1. The maximum atomic E-state index is 11.1. The molecule has 0 bridgehead atoms. The maximum absolute atomic E-state index is 11.1. The van der Waals surface area contributed by atoms with Crippen LogP contribution in [-0.4, -0.2) is 24.9 Å². The first-order valence-corrected chi connectivity index (χ1v) is 5.00. The number of primary amides is 1. The Morgan fingerprint density at radius 2 is 1.94 bits per heavy atom. The van der Waals surface area contributed by atoms with Crippen molar-refractivity contribution in [3.63, 3.8) is 0 Å². The number of rotatable bonds is 4. The molecule has 0 unspecified atom stereocenters. The van der Waals surface area contributed by atoms with E-state index >= 15 is 0 Å². The maximum Gasteiger partial charge on any atom is 0.263 e. The van der Waals surface area contributed by atoms with Crippen LogP contribution < -0.4 is 11.1 Å². The molecule has 5 nitrogen and oxygen atoms in total. The van der Waals surface area contributed by atoms with Crippen LogP contribution in [0.2, 0.25) is 0 Å². The lowest BCUT2D eigenvalue weighted by Gasteiger charge is -2.19. The average Bonchev–Trinajstić information content (AvgIpc) is 2.29. The van der Waals surface area contributed by atoms with Crippen molar-refractivity contribution in [1.29, 1.82) is 5.26 Å². The van der Waals surface area contributed by atoms with Gasteiger partial charge in [0.25, 0.3) is 5.91 Å². The monoisotopic (exact) mass is 230 g/mol. The molecule has 0 saturated carbocycles. The third-order valence-corrected chi connectivity index (χ3v) is 2.08. The molecule has 0 fully saturated rings. The zero-order valence-electron chi connectivity index (χ0n) is 9.77. The van der Waals surface area contributed by atoms with Crippen molar-refractivity contribution >= 4 is 11.6 Å². The van der Waals surface area contributed by atoms with Crippen LogP contribution in [0.1, 0.15) is 0 Å². The highest BCUT2D eigenvalue weighted by Gasteiger charge is 2.14. The first-order chi connectivity index (χ1) is 8.06. The van der Waals surface area contributed by atoms with Crippen molar-refractivity contribution in [2.75, 3.05) is 19.4 Å². The quantitative estimate of drug-likeness (QED) is 0.594. The van der Waals surface area contributed by atoms with Crippen LogP contribution in [0.15, 0.2) is 41.7 Å². The Hall–Kier alpha value is -2.48. The second-order valence-corrected chi connectivity index (χ2v) is 3.59. The molecular formula is C12H14N4O. The molecule has 3 N–H and O–H groups in total. The van der Waals surface area contributed by atoms with E-state index in [-0.39, 0.29) is 5.57 Å². The van der Waals surface area contributed by atoms with Crippen molar-refractivity contribution in [2.45, 2.75) is 0 Å². The van der Waals surface area contributed by atoms with E-state index in [1.807, 2.05) is 30.3 Å². The molecule has 0 atom stereocenters. The number of nitrogens with one attached hydrogen (secondary N) is 1. The van der Waals surface area contributed by atoms with Gasteiger partial charge in [-0.15, -0.1) is 0 Å². The molecule has 0 aliphatic rings. The number of nitrogens with zero attached hydrogens (tertiary/aromatic N) is 2. The number of carbonyl (C=O) groups is 1. The molecule has 0 saturated heterocycles. The zero-order valence-corrected chi connectivity index (χ0v) is 9.77. The summed E-state index contributed by atoms with van der Waals surface area (Å²) >= 11 is 0. The minimum atomic E-state index is -0.750. The van der Waals surface area contributed by atoms with Crippen molar-refractivity contribution in [2.24, 2.45) is 5.73 Å². The molecule has 0 aromatic heterocycles. The van der Waals surface area contributed by atoms with E-state index in [1.165, 1.54) is 0 Å². The smallest absolute Gasteiger partial charge is 0.263 e. The van der Waals surface area contributed by atoms with Crippen LogP contribution in [0.3, 0.4) is 0 Å². The Morgan fingerprint density at radius 1 is 1.35 bits per heavy atom. The Kier molecular flexibility index (Phi) is 4.12. The fraction of sp³-hybridized carbons (Fsp3) is 0.167. The Morgan fingerprint density at radius 3 is 2.35 bits per heavy atom. The molecule has 1 aromatic carbocycles. The third-order valence-electron chi connectivity index (χ3n) is 2.08. The number of para-hydroxylation sites is 1. The van der Waals surface area contributed by atoms with Crippen LogP contribution in [-0.2, 0) is 4.79 Å². The van der Waals surface area contributed by atoms with Crippen molar-refractivity contribution in [1.82, 2.24) is 4.90 Å². The summed E-state index contributed by atoms with van der Waals surface area (Å²) < 4.78 is 0. The van der Waals surface area contributed by atoms with Gasteiger partial charge in [-0.2, -0.15) is 5.26 Å². The van der Waals surface area contributed by atoms with Gasteiger partial charge in [0, 0.05) is 19.8 Å². The predicted molar refractivity (Wildman–Crippen MR) is 65.6 cm³/mol. The third kappa shape index (κ3) is 3.24. The lowest BCUT2D eigenvalue weighted by atomic mass is 10.2. The summed E-state index contributed by atoms with van der Waals surface area (Å²) in [5.41, 5.74) is 5.84. The number of amides is 1. The van der Waals surface area contributed by atoms with Crippen LogP contribution >= 0.6 is 0 Å². The van der Waals surface area contributed by atoms with Gasteiger partial charge >= 0.3 is 0 Å². The highest BCUT2D eigenvalue weighted by Crippen LogP contribution is 2.13. The molecule has 0 aliphatic carbocycles. The zero-order chi connectivity index (χ0) is 12.8. The average molecular weight is 230 g/mol. The number of benzene rings is 1. The summed E-state index contributed by atoms with van der Waals surface area (Å²) in [5, 5.41) is 11.9. The second kappa shape index (κ2) is 5.56. The van der Waals surface area contributed by atoms with Crippen LogP contribution in [0.4, 0.5) is 5.69 Å². The fourth-order valence-corrected chi connectivity index (χ4v) is 1.28. The highest BCUT2D eigenvalue weighted by molar-refractivity contribution is 5.97. The number of nitriles is 1. The number of carbonyl (C=O) groups excluding carboxylic acids is 1. The summed E-state index contributed by atoms with van der Waals surface area (Å²) in [6, 6.07) is 11.1. The van der Waals surface area contributed by atoms with Crippen molar-refractivity contribution in [3.8, 4) is 6.07 Å². The van der Waals surface area contributed by atoms with Gasteiger partial charge in [-0.1, -0.05) is 18.2 Å². The number of hydrogen-bond acceptors (Lipinski definition) is 4. The van der Waals surface area contributed by atoms with Gasteiger partial charge in [0.2, 0.25) is 0 Å². The van der Waals surface area contributed by atoms with Crippen molar-refractivity contribution in [3.05, 3.63) is 41.7 Å². The fourth-order valence-electron chi connectivity index (χ4n) is 1.28. The lowest BCUT2D eigenvalue weighted by molar-refractivity contribution is -0.114. The van der Waals surface area contributed by atoms with E-state index in [0.717, 1.165) is 5.69 Å². The standard InChI is InChI=1S/C12H14N4O/c1-16(2)12(10(8-13)11(14)17)15-9-6-4-3-5-7-9/h3-7,15H,1-2H3,(H2,14,17). The largest absolute Gasteiger partial charge is 0.365 e. The van der Waals surface area contributed by atoms with Gasteiger partial charge < -0.3 is 16.0 Å². The van der Waals surface area contributed by atoms with Gasteiger partial charge in [-0.05, 0) is 12.1 Å². The molecule has 1 rings (SSSR count). The van der Waals surface area contributed by atoms with Gasteiger partial charge in [-0.25, -0.2) is 0 Å². The molecule has 1 amide bonds. The van der Waals surface area contributed by atoms with Gasteiger partial charge in [0.1, 0.15) is 11.9 Å². The minimum Gasteiger partial charge on any atom is -0.365 e. The van der Waals surface area contributed by atoms with Crippen LogP contribution in [0, 0.1) is 11.3 Å². The van der Waals surface area contributed by atoms with Crippen LogP contribution in [0.25, 0.3) is 0 Å². The van der Waals surface area contributed by atoms with Gasteiger partial charge in [0.15, 0.2) is 5.57 Å². The summed E-state index contributed by atoms with van der Waals surface area (Å²) in [7, 11) is 3.46. The molecular weight excluding hydrogens is 216 g/mol. The SMILES string of the molecule is CN(C)C(Nc1ccccc1)=C(C#N)C(N)=O. The molecule has 17 heavy (non-hydrogen) atoms. The van der Waals surface area contributed by atoms with Crippen LogP contribution in [0.5, 0.6) is 0 Å². The lowest BCUT2D eigenvalue weighted by Crippen LogP contribution is -2.26. The molecule has 0 heterocycles. The molecule has 0 radical (unpaired) electrons. The Bertz CT molecular complexity index is 471. The van der Waals surface area contributed by atoms with E-state index < -0.39 is 5.91 Å². The molecule has 0 aliphatic heterocycles. The van der Waals surface area contributed by atoms with Gasteiger partial charge in [-0.3, -0.25) is 4.79 Å². The number of nitrogens with two attached hydrogens (primary N) is 1. The summed E-state index contributed by atoms with van der Waals surface area (Å²) in [6.07, 6.45) is 0. The van der Waals surface area contributed by atoms with Gasteiger partial charge in [0.05, 0.1) is 0 Å². The molecule has 1 aromatic rings. The first kappa shape index (κ1) is 12.6. The van der Waals surface area contributed by atoms with E-state index in [1.54, 1.807) is 25.1 Å². The van der Waals surface area contributed by atoms with E-state index in [9.17, 15) is 4.79 Å². The normalized spacial score (nSPS) is 11.1. The summed E-state index contributed by atoms with van der Waals surface area (Å²) in [4.78, 5) is 12.8.